The predicted molar refractivity (Wildman–Crippen MR) is 163 cm³/mol. The van der Waals surface area contributed by atoms with Crippen LogP contribution in [0.4, 0.5) is 0 Å². The summed E-state index contributed by atoms with van der Waals surface area (Å²) in [4.78, 5) is 0.0773. The predicted octanol–water partition coefficient (Wildman–Crippen LogP) is 8.60. The van der Waals surface area contributed by atoms with Crippen LogP contribution >= 0.6 is 0 Å². The molecule has 0 fully saturated rings. The summed E-state index contributed by atoms with van der Waals surface area (Å²) in [6, 6.07) is 43.0. The van der Waals surface area contributed by atoms with E-state index in [0.717, 1.165) is 0 Å². The maximum atomic E-state index is 14.4. The lowest BCUT2D eigenvalue weighted by molar-refractivity contribution is 0.478. The Labute approximate surface area is 239 Å². The van der Waals surface area contributed by atoms with Gasteiger partial charge in [0.05, 0.1) is 9.79 Å². The van der Waals surface area contributed by atoms with E-state index in [1.54, 1.807) is 0 Å². The number of benzene rings is 6. The second-order valence-electron chi connectivity index (χ2n) is 9.70. The summed E-state index contributed by atoms with van der Waals surface area (Å²) in [5, 5.41) is 22.7. The molecule has 0 spiro atoms. The molecule has 0 unspecified atom stereocenters. The van der Waals surface area contributed by atoms with Gasteiger partial charge in [-0.25, -0.2) is 8.42 Å². The molecule has 0 aliphatic carbocycles. The number of rotatable bonds is 6. The van der Waals surface area contributed by atoms with Crippen molar-refractivity contribution in [1.82, 2.24) is 0 Å². The minimum atomic E-state index is -4.12. The maximum absolute atomic E-state index is 14.4. The van der Waals surface area contributed by atoms with Crippen molar-refractivity contribution >= 4 is 9.84 Å². The standard InChI is InChI=1S/C36H26O4S/c37-35-31(25-13-5-1-6-14-25)21-29(22-32(35)26-15-7-2-8-16-26)41(39,40)30-23-33(27-17-9-3-10-18-27)36(38)34(24-30)28-19-11-4-12-20-28/h1-24,37-38H. The molecular weight excluding hydrogens is 528 g/mol. The first-order chi connectivity index (χ1) is 19.9. The first-order valence-corrected chi connectivity index (χ1v) is 14.6. The van der Waals surface area contributed by atoms with Gasteiger partial charge >= 0.3 is 0 Å². The van der Waals surface area contributed by atoms with E-state index in [-0.39, 0.29) is 21.3 Å². The number of sulfone groups is 1. The minimum Gasteiger partial charge on any atom is -0.507 e. The van der Waals surface area contributed by atoms with E-state index in [2.05, 4.69) is 0 Å². The highest BCUT2D eigenvalue weighted by atomic mass is 32.2. The monoisotopic (exact) mass is 554 g/mol. The normalized spacial score (nSPS) is 11.3. The van der Waals surface area contributed by atoms with Crippen LogP contribution in [-0.2, 0) is 9.84 Å². The van der Waals surface area contributed by atoms with E-state index < -0.39 is 9.84 Å². The van der Waals surface area contributed by atoms with E-state index >= 15 is 0 Å². The van der Waals surface area contributed by atoms with E-state index in [9.17, 15) is 18.6 Å². The van der Waals surface area contributed by atoms with Gasteiger partial charge < -0.3 is 10.2 Å². The molecule has 0 atom stereocenters. The third kappa shape index (κ3) is 4.99. The number of phenols is 2. The van der Waals surface area contributed by atoms with Crippen molar-refractivity contribution in [3.8, 4) is 56.0 Å². The Bertz CT molecular complexity index is 1680. The Balaban J connectivity index is 1.62. The molecule has 0 saturated carbocycles. The maximum Gasteiger partial charge on any atom is 0.206 e. The summed E-state index contributed by atoms with van der Waals surface area (Å²) in [5.74, 6) is 0.00371. The molecule has 5 heteroatoms. The number of aromatic hydroxyl groups is 2. The summed E-state index contributed by atoms with van der Waals surface area (Å²) in [6.45, 7) is 0. The zero-order valence-electron chi connectivity index (χ0n) is 22.0. The van der Waals surface area contributed by atoms with Crippen molar-refractivity contribution in [2.24, 2.45) is 0 Å². The van der Waals surface area contributed by atoms with Gasteiger partial charge in [0.2, 0.25) is 9.84 Å². The molecule has 6 aromatic carbocycles. The Morgan fingerprint density at radius 1 is 0.366 bits per heavy atom. The largest absolute Gasteiger partial charge is 0.507 e. The quantitative estimate of drug-likeness (QED) is 0.216. The van der Waals surface area contributed by atoms with Gasteiger partial charge in [-0.15, -0.1) is 0 Å². The first-order valence-electron chi connectivity index (χ1n) is 13.1. The molecule has 0 heterocycles. The van der Waals surface area contributed by atoms with Gasteiger partial charge in [0.25, 0.3) is 0 Å². The van der Waals surface area contributed by atoms with Gasteiger partial charge in [0.1, 0.15) is 11.5 Å². The molecule has 41 heavy (non-hydrogen) atoms. The molecule has 200 valence electrons. The van der Waals surface area contributed by atoms with E-state index in [0.29, 0.717) is 44.5 Å². The average Bonchev–Trinajstić information content (AvgIpc) is 3.03. The lowest BCUT2D eigenvalue weighted by Gasteiger charge is -2.17. The zero-order valence-corrected chi connectivity index (χ0v) is 22.8. The highest BCUT2D eigenvalue weighted by Crippen LogP contribution is 2.44. The Hall–Kier alpha value is -5.13. The van der Waals surface area contributed by atoms with Crippen LogP contribution in [0.3, 0.4) is 0 Å². The van der Waals surface area contributed by atoms with Crippen molar-refractivity contribution in [3.05, 3.63) is 146 Å². The molecule has 4 nitrogen and oxygen atoms in total. The van der Waals surface area contributed by atoms with E-state index in [1.165, 1.54) is 24.3 Å². The molecule has 0 radical (unpaired) electrons. The van der Waals surface area contributed by atoms with Gasteiger partial charge in [-0.3, -0.25) is 0 Å². The highest BCUT2D eigenvalue weighted by Gasteiger charge is 2.26. The molecule has 0 bridgehead atoms. The molecule has 0 aromatic heterocycles. The van der Waals surface area contributed by atoms with Crippen LogP contribution in [0.1, 0.15) is 0 Å². The molecule has 6 rings (SSSR count). The lowest BCUT2D eigenvalue weighted by atomic mass is 9.97. The molecule has 6 aromatic rings. The highest BCUT2D eigenvalue weighted by molar-refractivity contribution is 7.91. The Kier molecular flexibility index (Phi) is 6.88. The van der Waals surface area contributed by atoms with Crippen molar-refractivity contribution in [2.45, 2.75) is 9.79 Å². The summed E-state index contributed by atoms with van der Waals surface area (Å²) in [5.41, 5.74) is 4.43. The minimum absolute atomic E-state index is 0.00186. The van der Waals surface area contributed by atoms with Crippen molar-refractivity contribution in [3.63, 3.8) is 0 Å². The van der Waals surface area contributed by atoms with Crippen LogP contribution in [0.15, 0.2) is 155 Å². The Morgan fingerprint density at radius 2 is 0.585 bits per heavy atom. The number of hydrogen-bond donors (Lipinski definition) is 2. The van der Waals surface area contributed by atoms with Crippen LogP contribution in [0.5, 0.6) is 11.5 Å². The van der Waals surface area contributed by atoms with Gasteiger partial charge in [0, 0.05) is 22.3 Å². The van der Waals surface area contributed by atoms with Crippen molar-refractivity contribution in [1.29, 1.82) is 0 Å². The van der Waals surface area contributed by atoms with Crippen LogP contribution < -0.4 is 0 Å². The third-order valence-corrected chi connectivity index (χ3v) is 8.84. The average molecular weight is 555 g/mol. The molecule has 2 N–H and O–H groups in total. The molecule has 0 aliphatic rings. The van der Waals surface area contributed by atoms with Crippen LogP contribution in [0, 0.1) is 0 Å². The topological polar surface area (TPSA) is 74.6 Å². The smallest absolute Gasteiger partial charge is 0.206 e. The molecule has 0 aliphatic heterocycles. The summed E-state index contributed by atoms with van der Waals surface area (Å²) < 4.78 is 28.9. The fraction of sp³-hybridized carbons (Fsp3) is 0. The van der Waals surface area contributed by atoms with Gasteiger partial charge in [-0.1, -0.05) is 121 Å². The Morgan fingerprint density at radius 3 is 0.805 bits per heavy atom. The number of phenolic OH excluding ortho intramolecular Hbond substituents is 2. The molecular formula is C36H26O4S. The second kappa shape index (κ2) is 10.8. The summed E-state index contributed by atoms with van der Waals surface area (Å²) in [7, 11) is -4.12. The molecule has 0 saturated heterocycles. The lowest BCUT2D eigenvalue weighted by Crippen LogP contribution is -2.04. The fourth-order valence-corrected chi connectivity index (χ4v) is 6.38. The zero-order chi connectivity index (χ0) is 28.4. The fourth-order valence-electron chi connectivity index (χ4n) is 5.01. The number of hydrogen-bond acceptors (Lipinski definition) is 4. The van der Waals surface area contributed by atoms with Crippen molar-refractivity contribution in [2.75, 3.05) is 0 Å². The molecule has 0 amide bonds. The van der Waals surface area contributed by atoms with E-state index in [1.807, 2.05) is 121 Å². The van der Waals surface area contributed by atoms with Gasteiger partial charge in [0.15, 0.2) is 0 Å². The van der Waals surface area contributed by atoms with Crippen LogP contribution in [0.2, 0.25) is 0 Å². The van der Waals surface area contributed by atoms with Crippen LogP contribution in [-0.4, -0.2) is 18.6 Å². The summed E-state index contributed by atoms with van der Waals surface area (Å²) >= 11 is 0. The van der Waals surface area contributed by atoms with Gasteiger partial charge in [-0.05, 0) is 46.5 Å². The van der Waals surface area contributed by atoms with Gasteiger partial charge in [-0.2, -0.15) is 0 Å². The van der Waals surface area contributed by atoms with E-state index in [4.69, 9.17) is 0 Å². The van der Waals surface area contributed by atoms with Crippen LogP contribution in [0.25, 0.3) is 44.5 Å². The first kappa shape index (κ1) is 26.1. The second-order valence-corrected chi connectivity index (χ2v) is 11.7. The summed E-state index contributed by atoms with van der Waals surface area (Å²) in [6.07, 6.45) is 0. The van der Waals surface area contributed by atoms with Crippen molar-refractivity contribution < 1.29 is 18.6 Å². The third-order valence-electron chi connectivity index (χ3n) is 7.13. The SMILES string of the molecule is O=S(=O)(c1cc(-c2ccccc2)c(O)c(-c2ccccc2)c1)c1cc(-c2ccccc2)c(O)c(-c2ccccc2)c1.